The van der Waals surface area contributed by atoms with E-state index in [0.29, 0.717) is 10.2 Å². The maximum Gasteiger partial charge on any atom is 0.270 e. The molecule has 0 radical (unpaired) electrons. The van der Waals surface area contributed by atoms with Crippen molar-refractivity contribution in [2.75, 3.05) is 0 Å². The van der Waals surface area contributed by atoms with E-state index >= 15 is 0 Å². The van der Waals surface area contributed by atoms with Gasteiger partial charge in [-0.2, -0.15) is 5.26 Å². The molecule has 0 spiro atoms. The van der Waals surface area contributed by atoms with Gasteiger partial charge >= 0.3 is 0 Å². The first-order valence-electron chi connectivity index (χ1n) is 6.15. The van der Waals surface area contributed by atoms with Crippen LogP contribution in [0.5, 0.6) is 5.75 Å². The number of hydrogen-bond acceptors (Lipinski definition) is 4. The minimum absolute atomic E-state index is 0.259. The fraction of sp³-hybridized carbons (Fsp3) is 0. The normalized spacial score (nSPS) is 10.4. The zero-order valence-electron chi connectivity index (χ0n) is 10.9. The second-order valence-electron chi connectivity index (χ2n) is 4.47. The molecule has 0 atom stereocenters. The molecular weight excluding hydrogens is 284 g/mol. The number of nitrogens with zero attached hydrogens (tertiary/aromatic N) is 1. The van der Waals surface area contributed by atoms with Crippen molar-refractivity contribution in [1.82, 2.24) is 4.98 Å². The summed E-state index contributed by atoms with van der Waals surface area (Å²) in [5.41, 5.74) is 1.85. The molecule has 0 unspecified atom stereocenters. The third kappa shape index (κ3) is 2.02. The van der Waals surface area contributed by atoms with E-state index in [1.54, 1.807) is 12.1 Å². The molecule has 3 rings (SSSR count). The van der Waals surface area contributed by atoms with E-state index in [1.165, 1.54) is 11.3 Å². The fourth-order valence-electron chi connectivity index (χ4n) is 2.20. The van der Waals surface area contributed by atoms with Crippen LogP contribution in [0.1, 0.15) is 11.1 Å². The van der Waals surface area contributed by atoms with E-state index in [0.717, 1.165) is 16.7 Å². The standard InChI is InChI=1S/C16H10N2O2S/c1-2-9-3-5-10(6-4-9)12-8-21-16-13(12)14(19)11(7-17)15(20)18-16/h2-6,8H,1H2,(H2,18,19,20). The van der Waals surface area contributed by atoms with Crippen molar-refractivity contribution >= 4 is 27.6 Å². The molecule has 0 fully saturated rings. The second kappa shape index (κ2) is 4.93. The minimum Gasteiger partial charge on any atom is -0.506 e. The quantitative estimate of drug-likeness (QED) is 0.759. The van der Waals surface area contributed by atoms with Crippen molar-refractivity contribution in [3.05, 3.63) is 57.7 Å². The number of benzene rings is 1. The largest absolute Gasteiger partial charge is 0.506 e. The summed E-state index contributed by atoms with van der Waals surface area (Å²) in [5, 5.41) is 21.6. The molecule has 0 saturated heterocycles. The summed E-state index contributed by atoms with van der Waals surface area (Å²) in [4.78, 5) is 14.9. The number of nitrogens with one attached hydrogen (secondary N) is 1. The molecule has 3 aromatic rings. The zero-order valence-corrected chi connectivity index (χ0v) is 11.7. The molecule has 0 aliphatic heterocycles. The molecule has 4 nitrogen and oxygen atoms in total. The van der Waals surface area contributed by atoms with Crippen LogP contribution in [0.25, 0.3) is 27.4 Å². The summed E-state index contributed by atoms with van der Waals surface area (Å²) in [6.07, 6.45) is 1.75. The lowest BCUT2D eigenvalue weighted by Gasteiger charge is -2.03. The number of hydrogen-bond donors (Lipinski definition) is 2. The van der Waals surface area contributed by atoms with Gasteiger partial charge in [-0.3, -0.25) is 4.79 Å². The molecule has 0 aliphatic carbocycles. The van der Waals surface area contributed by atoms with Gasteiger partial charge in [0.05, 0.1) is 5.39 Å². The van der Waals surface area contributed by atoms with Crippen molar-refractivity contribution in [3.63, 3.8) is 0 Å². The number of pyridine rings is 1. The summed E-state index contributed by atoms with van der Waals surface area (Å²) >= 11 is 1.32. The van der Waals surface area contributed by atoms with Crippen LogP contribution < -0.4 is 5.56 Å². The number of aromatic hydroxyl groups is 1. The summed E-state index contributed by atoms with van der Waals surface area (Å²) in [7, 11) is 0. The topological polar surface area (TPSA) is 76.9 Å². The number of rotatable bonds is 2. The van der Waals surface area contributed by atoms with Gasteiger partial charge in [0, 0.05) is 10.9 Å². The summed E-state index contributed by atoms with van der Waals surface area (Å²) in [6, 6.07) is 9.40. The van der Waals surface area contributed by atoms with Gasteiger partial charge in [-0.15, -0.1) is 11.3 Å². The second-order valence-corrected chi connectivity index (χ2v) is 5.35. The molecule has 5 heteroatoms. The van der Waals surface area contributed by atoms with Crippen LogP contribution >= 0.6 is 11.3 Å². The third-order valence-electron chi connectivity index (χ3n) is 3.29. The van der Waals surface area contributed by atoms with E-state index in [4.69, 9.17) is 5.26 Å². The van der Waals surface area contributed by atoms with E-state index in [-0.39, 0.29) is 11.3 Å². The van der Waals surface area contributed by atoms with Gasteiger partial charge in [0.25, 0.3) is 5.56 Å². The number of aromatic amines is 1. The summed E-state index contributed by atoms with van der Waals surface area (Å²) < 4.78 is 0. The van der Waals surface area contributed by atoms with E-state index in [9.17, 15) is 9.90 Å². The SMILES string of the molecule is C=Cc1ccc(-c2csc3[nH]c(=O)c(C#N)c(O)c23)cc1. The van der Waals surface area contributed by atoms with Gasteiger partial charge < -0.3 is 10.1 Å². The first-order chi connectivity index (χ1) is 10.2. The molecule has 0 aliphatic rings. The summed E-state index contributed by atoms with van der Waals surface area (Å²) in [5.74, 6) is -0.264. The van der Waals surface area contributed by atoms with Gasteiger partial charge in [-0.1, -0.05) is 36.9 Å². The van der Waals surface area contributed by atoms with Gasteiger partial charge in [0.1, 0.15) is 16.6 Å². The van der Waals surface area contributed by atoms with Crippen LogP contribution in [-0.2, 0) is 0 Å². The zero-order chi connectivity index (χ0) is 15.0. The van der Waals surface area contributed by atoms with Crippen molar-refractivity contribution < 1.29 is 5.11 Å². The number of nitriles is 1. The van der Waals surface area contributed by atoms with Crippen LogP contribution in [-0.4, -0.2) is 10.1 Å². The highest BCUT2D eigenvalue weighted by Gasteiger charge is 2.17. The minimum atomic E-state index is -0.571. The molecule has 2 aromatic heterocycles. The molecule has 21 heavy (non-hydrogen) atoms. The van der Waals surface area contributed by atoms with Crippen molar-refractivity contribution in [2.45, 2.75) is 0 Å². The molecule has 2 N–H and O–H groups in total. The third-order valence-corrected chi connectivity index (χ3v) is 4.18. The number of thiophene rings is 1. The Morgan fingerprint density at radius 2 is 2.05 bits per heavy atom. The number of H-pyrrole nitrogens is 1. The van der Waals surface area contributed by atoms with Gasteiger partial charge in [0.2, 0.25) is 0 Å². The predicted molar refractivity (Wildman–Crippen MR) is 84.4 cm³/mol. The highest BCUT2D eigenvalue weighted by molar-refractivity contribution is 7.17. The smallest absolute Gasteiger partial charge is 0.270 e. The Balaban J connectivity index is 2.31. The predicted octanol–water partition coefficient (Wildman–Crippen LogP) is 3.48. The molecule has 0 saturated carbocycles. The van der Waals surface area contributed by atoms with Crippen LogP contribution in [0.2, 0.25) is 0 Å². The van der Waals surface area contributed by atoms with Crippen LogP contribution in [0.15, 0.2) is 41.0 Å². The van der Waals surface area contributed by atoms with Gasteiger partial charge in [0.15, 0.2) is 5.56 Å². The molecule has 0 amide bonds. The average molecular weight is 294 g/mol. The van der Waals surface area contributed by atoms with Crippen LogP contribution in [0.3, 0.4) is 0 Å². The fourth-order valence-corrected chi connectivity index (χ4v) is 3.16. The van der Waals surface area contributed by atoms with Crippen LogP contribution in [0.4, 0.5) is 0 Å². The van der Waals surface area contributed by atoms with Gasteiger partial charge in [-0.05, 0) is 11.1 Å². The maximum atomic E-state index is 11.7. The lowest BCUT2D eigenvalue weighted by Crippen LogP contribution is -2.09. The number of aromatic nitrogens is 1. The molecule has 102 valence electrons. The Morgan fingerprint density at radius 1 is 1.33 bits per heavy atom. The first-order valence-corrected chi connectivity index (χ1v) is 7.03. The Hall–Kier alpha value is -2.84. The number of fused-ring (bicyclic) bond motifs is 1. The Morgan fingerprint density at radius 3 is 2.67 bits per heavy atom. The van der Waals surface area contributed by atoms with Crippen LogP contribution in [0, 0.1) is 11.3 Å². The molecular formula is C16H10N2O2S. The Kier molecular flexibility index (Phi) is 3.09. The highest BCUT2D eigenvalue weighted by Crippen LogP contribution is 2.38. The lowest BCUT2D eigenvalue weighted by molar-refractivity contribution is 0.479. The molecule has 0 bridgehead atoms. The highest BCUT2D eigenvalue weighted by atomic mass is 32.1. The van der Waals surface area contributed by atoms with E-state index < -0.39 is 5.56 Å². The summed E-state index contributed by atoms with van der Waals surface area (Å²) in [6.45, 7) is 3.71. The Labute approximate surface area is 124 Å². The van der Waals surface area contributed by atoms with Crippen molar-refractivity contribution in [3.8, 4) is 22.9 Å². The monoisotopic (exact) mass is 294 g/mol. The lowest BCUT2D eigenvalue weighted by atomic mass is 10.0. The first kappa shape index (κ1) is 13.2. The van der Waals surface area contributed by atoms with Crippen molar-refractivity contribution in [2.24, 2.45) is 0 Å². The van der Waals surface area contributed by atoms with E-state index in [2.05, 4.69) is 11.6 Å². The molecule has 1 aromatic carbocycles. The molecule has 2 heterocycles. The van der Waals surface area contributed by atoms with Crippen molar-refractivity contribution in [1.29, 1.82) is 5.26 Å². The van der Waals surface area contributed by atoms with E-state index in [1.807, 2.05) is 29.6 Å². The van der Waals surface area contributed by atoms with Gasteiger partial charge in [-0.25, -0.2) is 0 Å². The average Bonchev–Trinajstić information content (AvgIpc) is 2.91. The Bertz CT molecular complexity index is 943. The maximum absolute atomic E-state index is 11.7.